The first kappa shape index (κ1) is 12.4. The second-order valence-electron chi connectivity index (χ2n) is 3.70. The Kier molecular flexibility index (Phi) is 3.73. The number of halogens is 1. The Morgan fingerprint density at radius 1 is 1.41 bits per heavy atom. The molecule has 0 radical (unpaired) electrons. The van der Waals surface area contributed by atoms with Gasteiger partial charge in [0, 0.05) is 23.0 Å². The van der Waals surface area contributed by atoms with Gasteiger partial charge in [0.25, 0.3) is 0 Å². The molecule has 0 spiro atoms. The molecule has 0 aliphatic carbocycles. The molecule has 0 amide bonds. The zero-order chi connectivity index (χ0) is 12.4. The maximum atomic E-state index is 5.83. The maximum absolute atomic E-state index is 5.83. The van der Waals surface area contributed by atoms with E-state index >= 15 is 0 Å². The van der Waals surface area contributed by atoms with E-state index in [9.17, 15) is 0 Å². The Labute approximate surface area is 113 Å². The summed E-state index contributed by atoms with van der Waals surface area (Å²) in [6.07, 6.45) is 0. The number of nitrogen functional groups attached to an aromatic ring is 1. The standard InChI is InChI=1S/C11H13BrN4S/c1-7-14-15-11(16(7)2)17-6-8-4-3-5-9(13)10(8)12/h3-5H,6,13H2,1-2H3. The van der Waals surface area contributed by atoms with Gasteiger partial charge >= 0.3 is 0 Å². The van der Waals surface area contributed by atoms with Crippen LogP contribution in [-0.4, -0.2) is 14.8 Å². The first-order valence-electron chi connectivity index (χ1n) is 5.11. The summed E-state index contributed by atoms with van der Waals surface area (Å²) in [6.45, 7) is 1.94. The monoisotopic (exact) mass is 312 g/mol. The van der Waals surface area contributed by atoms with Crippen LogP contribution < -0.4 is 5.73 Å². The van der Waals surface area contributed by atoms with Crippen LogP contribution in [0.1, 0.15) is 11.4 Å². The van der Waals surface area contributed by atoms with E-state index in [2.05, 4.69) is 32.2 Å². The lowest BCUT2D eigenvalue weighted by atomic mass is 10.2. The minimum absolute atomic E-state index is 0.761. The van der Waals surface area contributed by atoms with Crippen molar-refractivity contribution in [1.82, 2.24) is 14.8 Å². The van der Waals surface area contributed by atoms with E-state index in [0.717, 1.165) is 32.5 Å². The summed E-state index contributed by atoms with van der Waals surface area (Å²) in [5, 5.41) is 9.05. The second kappa shape index (κ2) is 5.10. The van der Waals surface area contributed by atoms with Crippen molar-refractivity contribution < 1.29 is 0 Å². The molecule has 0 bridgehead atoms. The molecule has 0 unspecified atom stereocenters. The largest absolute Gasteiger partial charge is 0.398 e. The highest BCUT2D eigenvalue weighted by molar-refractivity contribution is 9.10. The number of hydrogen-bond acceptors (Lipinski definition) is 4. The number of anilines is 1. The first-order chi connectivity index (χ1) is 8.09. The zero-order valence-electron chi connectivity index (χ0n) is 9.64. The number of aromatic nitrogens is 3. The minimum Gasteiger partial charge on any atom is -0.398 e. The van der Waals surface area contributed by atoms with Gasteiger partial charge in [0.2, 0.25) is 0 Å². The van der Waals surface area contributed by atoms with Crippen LogP contribution in [0.5, 0.6) is 0 Å². The van der Waals surface area contributed by atoms with E-state index in [0.29, 0.717) is 0 Å². The molecule has 0 atom stereocenters. The number of nitrogens with two attached hydrogens (primary N) is 1. The smallest absolute Gasteiger partial charge is 0.191 e. The van der Waals surface area contributed by atoms with Crippen molar-refractivity contribution in [2.75, 3.05) is 5.73 Å². The van der Waals surface area contributed by atoms with Crippen molar-refractivity contribution in [3.8, 4) is 0 Å². The summed E-state index contributed by atoms with van der Waals surface area (Å²) in [5.74, 6) is 1.73. The van der Waals surface area contributed by atoms with Crippen LogP contribution in [0.4, 0.5) is 5.69 Å². The van der Waals surface area contributed by atoms with Gasteiger partial charge in [-0.1, -0.05) is 23.9 Å². The summed E-state index contributed by atoms with van der Waals surface area (Å²) in [4.78, 5) is 0. The highest BCUT2D eigenvalue weighted by atomic mass is 79.9. The fraction of sp³-hybridized carbons (Fsp3) is 0.273. The lowest BCUT2D eigenvalue weighted by molar-refractivity contribution is 0.765. The van der Waals surface area contributed by atoms with Gasteiger partial charge in [0.15, 0.2) is 5.16 Å². The van der Waals surface area contributed by atoms with Crippen molar-refractivity contribution in [2.45, 2.75) is 17.8 Å². The molecule has 2 aromatic rings. The van der Waals surface area contributed by atoms with Crippen LogP contribution in [0.15, 0.2) is 27.8 Å². The molecule has 4 nitrogen and oxygen atoms in total. The predicted octanol–water partition coefficient (Wildman–Crippen LogP) is 2.76. The van der Waals surface area contributed by atoms with E-state index in [1.807, 2.05) is 30.7 Å². The van der Waals surface area contributed by atoms with Gasteiger partial charge in [-0.3, -0.25) is 0 Å². The van der Waals surface area contributed by atoms with Crippen molar-refractivity contribution in [2.24, 2.45) is 7.05 Å². The van der Waals surface area contributed by atoms with Gasteiger partial charge in [-0.2, -0.15) is 0 Å². The average molecular weight is 313 g/mol. The van der Waals surface area contributed by atoms with Crippen LogP contribution in [0.25, 0.3) is 0 Å². The predicted molar refractivity (Wildman–Crippen MR) is 73.9 cm³/mol. The number of hydrogen-bond donors (Lipinski definition) is 1. The van der Waals surface area contributed by atoms with Crippen molar-refractivity contribution in [3.05, 3.63) is 34.1 Å². The molecule has 1 heterocycles. The molecule has 1 aromatic heterocycles. The molecule has 0 saturated heterocycles. The first-order valence-corrected chi connectivity index (χ1v) is 6.89. The van der Waals surface area contributed by atoms with Crippen LogP contribution in [0, 0.1) is 6.92 Å². The second-order valence-corrected chi connectivity index (χ2v) is 5.43. The highest BCUT2D eigenvalue weighted by Gasteiger charge is 2.08. The lowest BCUT2D eigenvalue weighted by Gasteiger charge is -2.06. The normalized spacial score (nSPS) is 10.8. The Morgan fingerprint density at radius 3 is 2.82 bits per heavy atom. The topological polar surface area (TPSA) is 56.7 Å². The number of aryl methyl sites for hydroxylation is 1. The number of rotatable bonds is 3. The van der Waals surface area contributed by atoms with Gasteiger partial charge in [0.05, 0.1) is 0 Å². The Hall–Kier alpha value is -1.01. The molecular weight excluding hydrogens is 300 g/mol. The Balaban J connectivity index is 2.13. The number of thioether (sulfide) groups is 1. The fourth-order valence-electron chi connectivity index (χ4n) is 1.37. The maximum Gasteiger partial charge on any atom is 0.191 e. The van der Waals surface area contributed by atoms with E-state index in [-0.39, 0.29) is 0 Å². The molecule has 17 heavy (non-hydrogen) atoms. The van der Waals surface area contributed by atoms with E-state index < -0.39 is 0 Å². The third-order valence-corrected chi connectivity index (χ3v) is 4.55. The van der Waals surface area contributed by atoms with Gasteiger partial charge in [-0.25, -0.2) is 0 Å². The zero-order valence-corrected chi connectivity index (χ0v) is 12.0. The van der Waals surface area contributed by atoms with E-state index in [1.165, 1.54) is 0 Å². The molecule has 1 aromatic carbocycles. The van der Waals surface area contributed by atoms with Gasteiger partial charge in [-0.15, -0.1) is 10.2 Å². The third kappa shape index (κ3) is 2.63. The molecule has 2 N–H and O–H groups in total. The molecule has 0 aliphatic heterocycles. The van der Waals surface area contributed by atoms with Crippen LogP contribution >= 0.6 is 27.7 Å². The van der Waals surface area contributed by atoms with E-state index in [1.54, 1.807) is 11.8 Å². The van der Waals surface area contributed by atoms with Gasteiger partial charge < -0.3 is 10.3 Å². The number of benzene rings is 1. The lowest BCUT2D eigenvalue weighted by Crippen LogP contribution is -1.95. The molecule has 0 aliphatic rings. The molecule has 0 fully saturated rings. The average Bonchev–Trinajstić information content (AvgIpc) is 2.62. The van der Waals surface area contributed by atoms with Crippen molar-refractivity contribution in [3.63, 3.8) is 0 Å². The quantitative estimate of drug-likeness (QED) is 0.699. The van der Waals surface area contributed by atoms with Crippen LogP contribution in [0.3, 0.4) is 0 Å². The third-order valence-electron chi connectivity index (χ3n) is 2.52. The minimum atomic E-state index is 0.761. The molecule has 6 heteroatoms. The molecule has 90 valence electrons. The molecule has 2 rings (SSSR count). The summed E-state index contributed by atoms with van der Waals surface area (Å²) in [7, 11) is 1.96. The molecular formula is C11H13BrN4S. The van der Waals surface area contributed by atoms with Crippen molar-refractivity contribution in [1.29, 1.82) is 0 Å². The fourth-order valence-corrected chi connectivity index (χ4v) is 2.91. The van der Waals surface area contributed by atoms with Gasteiger partial charge in [0.1, 0.15) is 5.82 Å². The summed E-state index contributed by atoms with van der Waals surface area (Å²) in [5.41, 5.74) is 7.76. The summed E-state index contributed by atoms with van der Waals surface area (Å²) in [6, 6.07) is 5.89. The Morgan fingerprint density at radius 2 is 2.18 bits per heavy atom. The van der Waals surface area contributed by atoms with Crippen LogP contribution in [0.2, 0.25) is 0 Å². The number of nitrogens with zero attached hydrogens (tertiary/aromatic N) is 3. The molecule has 0 saturated carbocycles. The van der Waals surface area contributed by atoms with Crippen LogP contribution in [-0.2, 0) is 12.8 Å². The summed E-state index contributed by atoms with van der Waals surface area (Å²) >= 11 is 5.14. The van der Waals surface area contributed by atoms with Crippen molar-refractivity contribution >= 4 is 33.4 Å². The van der Waals surface area contributed by atoms with E-state index in [4.69, 9.17) is 5.73 Å². The highest BCUT2D eigenvalue weighted by Crippen LogP contribution is 2.29. The SMILES string of the molecule is Cc1nnc(SCc2cccc(N)c2Br)n1C. The Bertz CT molecular complexity index is 538. The van der Waals surface area contributed by atoms with Gasteiger partial charge in [-0.05, 0) is 34.5 Å². The summed E-state index contributed by atoms with van der Waals surface area (Å²) < 4.78 is 2.94.